The summed E-state index contributed by atoms with van der Waals surface area (Å²) in [5.74, 6) is 1.68. The molecule has 0 aliphatic heterocycles. The van der Waals surface area contributed by atoms with E-state index in [9.17, 15) is 0 Å². The van der Waals surface area contributed by atoms with E-state index in [0.717, 1.165) is 11.8 Å². The van der Waals surface area contributed by atoms with Crippen molar-refractivity contribution in [2.75, 3.05) is 6.54 Å². The molecule has 0 rings (SSSR count). The van der Waals surface area contributed by atoms with Crippen molar-refractivity contribution < 1.29 is 0 Å². The van der Waals surface area contributed by atoms with Gasteiger partial charge in [-0.1, -0.05) is 40.5 Å². The average molecular weight is 199 g/mol. The van der Waals surface area contributed by atoms with Gasteiger partial charge in [-0.15, -0.1) is 0 Å². The van der Waals surface area contributed by atoms with Crippen LogP contribution in [-0.4, -0.2) is 12.6 Å². The number of rotatable bonds is 8. The van der Waals surface area contributed by atoms with E-state index in [0.29, 0.717) is 6.04 Å². The van der Waals surface area contributed by atoms with E-state index in [1.165, 1.54) is 32.2 Å². The van der Waals surface area contributed by atoms with Crippen LogP contribution in [0.25, 0.3) is 0 Å². The molecule has 0 heterocycles. The summed E-state index contributed by atoms with van der Waals surface area (Å²) in [6.07, 6.45) is 5.37. The summed E-state index contributed by atoms with van der Waals surface area (Å²) in [7, 11) is 0. The first-order chi connectivity index (χ1) is 6.52. The molecule has 0 aromatic carbocycles. The lowest BCUT2D eigenvalue weighted by molar-refractivity contribution is 0.438. The highest BCUT2D eigenvalue weighted by atomic mass is 14.9. The van der Waals surface area contributed by atoms with Gasteiger partial charge < -0.3 is 5.32 Å². The second-order valence-electron chi connectivity index (χ2n) is 5.36. The Morgan fingerprint density at radius 2 is 1.36 bits per heavy atom. The normalized spacial score (nSPS) is 13.9. The second kappa shape index (κ2) is 8.28. The molecule has 1 nitrogen and oxygen atoms in total. The van der Waals surface area contributed by atoms with Crippen LogP contribution in [-0.2, 0) is 0 Å². The molecule has 0 radical (unpaired) electrons. The quantitative estimate of drug-likeness (QED) is 0.626. The molecule has 1 N–H and O–H groups in total. The zero-order valence-corrected chi connectivity index (χ0v) is 10.8. The van der Waals surface area contributed by atoms with Crippen LogP contribution in [0.5, 0.6) is 0 Å². The molecule has 0 saturated carbocycles. The van der Waals surface area contributed by atoms with Gasteiger partial charge in [0.15, 0.2) is 0 Å². The molecule has 0 amide bonds. The van der Waals surface area contributed by atoms with Gasteiger partial charge in [0, 0.05) is 6.04 Å². The van der Waals surface area contributed by atoms with Crippen molar-refractivity contribution >= 4 is 0 Å². The molecule has 0 aliphatic carbocycles. The summed E-state index contributed by atoms with van der Waals surface area (Å²) in [6.45, 7) is 12.7. The lowest BCUT2D eigenvalue weighted by Gasteiger charge is -2.15. The third-order valence-corrected chi connectivity index (χ3v) is 2.63. The van der Waals surface area contributed by atoms with E-state index in [-0.39, 0.29) is 0 Å². The standard InChI is InChI=1S/C13H29N/c1-11(2)7-6-8-13(5)14-10-9-12(3)4/h11-14H,6-10H2,1-5H3/t13-/m1/s1. The first-order valence-electron chi connectivity index (χ1n) is 6.25. The highest BCUT2D eigenvalue weighted by molar-refractivity contribution is 4.62. The van der Waals surface area contributed by atoms with Crippen molar-refractivity contribution in [1.82, 2.24) is 5.32 Å². The molecule has 0 unspecified atom stereocenters. The third kappa shape index (κ3) is 10.0. The molecule has 0 aromatic heterocycles. The molecule has 0 bridgehead atoms. The molecule has 0 saturated heterocycles. The Kier molecular flexibility index (Phi) is 8.26. The van der Waals surface area contributed by atoms with Gasteiger partial charge >= 0.3 is 0 Å². The van der Waals surface area contributed by atoms with Gasteiger partial charge in [0.05, 0.1) is 0 Å². The summed E-state index contributed by atoms with van der Waals surface area (Å²) in [5.41, 5.74) is 0. The zero-order valence-electron chi connectivity index (χ0n) is 10.8. The van der Waals surface area contributed by atoms with Crippen LogP contribution < -0.4 is 5.32 Å². The molecular weight excluding hydrogens is 170 g/mol. The minimum atomic E-state index is 0.701. The molecular formula is C13H29N. The second-order valence-corrected chi connectivity index (χ2v) is 5.36. The number of nitrogens with one attached hydrogen (secondary N) is 1. The van der Waals surface area contributed by atoms with Crippen LogP contribution in [0.1, 0.15) is 60.3 Å². The van der Waals surface area contributed by atoms with Crippen LogP contribution in [0.3, 0.4) is 0 Å². The van der Waals surface area contributed by atoms with Crippen molar-refractivity contribution in [3.05, 3.63) is 0 Å². The van der Waals surface area contributed by atoms with E-state index in [1.807, 2.05) is 0 Å². The fourth-order valence-electron chi connectivity index (χ4n) is 1.55. The summed E-state index contributed by atoms with van der Waals surface area (Å²) in [4.78, 5) is 0. The minimum absolute atomic E-state index is 0.701. The van der Waals surface area contributed by atoms with Crippen LogP contribution in [0.4, 0.5) is 0 Å². The maximum absolute atomic E-state index is 3.59. The highest BCUT2D eigenvalue weighted by Gasteiger charge is 2.02. The number of hydrogen-bond acceptors (Lipinski definition) is 1. The maximum atomic E-state index is 3.59. The first-order valence-corrected chi connectivity index (χ1v) is 6.25. The zero-order chi connectivity index (χ0) is 11.0. The SMILES string of the molecule is CC(C)CCC[C@@H](C)NCCC(C)C. The topological polar surface area (TPSA) is 12.0 Å². The molecule has 1 heteroatoms. The van der Waals surface area contributed by atoms with E-state index in [1.54, 1.807) is 0 Å². The highest BCUT2D eigenvalue weighted by Crippen LogP contribution is 2.08. The Labute approximate surface area is 90.7 Å². The van der Waals surface area contributed by atoms with E-state index in [4.69, 9.17) is 0 Å². The lowest BCUT2D eigenvalue weighted by Crippen LogP contribution is -2.27. The fourth-order valence-corrected chi connectivity index (χ4v) is 1.55. The van der Waals surface area contributed by atoms with Crippen LogP contribution in [0.15, 0.2) is 0 Å². The Balaban J connectivity index is 3.23. The predicted molar refractivity (Wildman–Crippen MR) is 65.6 cm³/mol. The Bertz CT molecular complexity index is 104. The van der Waals surface area contributed by atoms with E-state index >= 15 is 0 Å². The van der Waals surface area contributed by atoms with Gasteiger partial charge in [0.2, 0.25) is 0 Å². The van der Waals surface area contributed by atoms with Gasteiger partial charge in [-0.3, -0.25) is 0 Å². The van der Waals surface area contributed by atoms with Gasteiger partial charge in [-0.2, -0.15) is 0 Å². The summed E-state index contributed by atoms with van der Waals surface area (Å²) < 4.78 is 0. The van der Waals surface area contributed by atoms with Gasteiger partial charge in [-0.25, -0.2) is 0 Å². The smallest absolute Gasteiger partial charge is 0.00387 e. The maximum Gasteiger partial charge on any atom is 0.00387 e. The van der Waals surface area contributed by atoms with Gasteiger partial charge in [0.25, 0.3) is 0 Å². The fraction of sp³-hybridized carbons (Fsp3) is 1.00. The molecule has 1 atom stereocenters. The van der Waals surface area contributed by atoms with Crippen molar-refractivity contribution in [3.8, 4) is 0 Å². The number of hydrogen-bond donors (Lipinski definition) is 1. The molecule has 14 heavy (non-hydrogen) atoms. The Morgan fingerprint density at radius 1 is 0.786 bits per heavy atom. The van der Waals surface area contributed by atoms with Crippen LogP contribution >= 0.6 is 0 Å². The molecule has 86 valence electrons. The summed E-state index contributed by atoms with van der Waals surface area (Å²) in [5, 5.41) is 3.59. The van der Waals surface area contributed by atoms with Crippen LogP contribution in [0.2, 0.25) is 0 Å². The summed E-state index contributed by atoms with van der Waals surface area (Å²) in [6, 6.07) is 0.701. The van der Waals surface area contributed by atoms with Crippen molar-refractivity contribution in [3.63, 3.8) is 0 Å². The monoisotopic (exact) mass is 199 g/mol. The molecule has 0 aromatic rings. The van der Waals surface area contributed by atoms with Crippen LogP contribution in [0, 0.1) is 11.8 Å². The Morgan fingerprint density at radius 3 is 1.86 bits per heavy atom. The van der Waals surface area contributed by atoms with Crippen molar-refractivity contribution in [2.45, 2.75) is 66.3 Å². The first kappa shape index (κ1) is 14.0. The average Bonchev–Trinajstić information content (AvgIpc) is 2.02. The summed E-state index contributed by atoms with van der Waals surface area (Å²) >= 11 is 0. The van der Waals surface area contributed by atoms with E-state index < -0.39 is 0 Å². The predicted octanol–water partition coefficient (Wildman–Crippen LogP) is 3.84. The third-order valence-electron chi connectivity index (χ3n) is 2.63. The van der Waals surface area contributed by atoms with Gasteiger partial charge in [0.1, 0.15) is 0 Å². The van der Waals surface area contributed by atoms with Crippen molar-refractivity contribution in [2.24, 2.45) is 11.8 Å². The van der Waals surface area contributed by atoms with E-state index in [2.05, 4.69) is 39.9 Å². The minimum Gasteiger partial charge on any atom is -0.314 e. The molecule has 0 aliphatic rings. The molecule has 0 fully saturated rings. The lowest BCUT2D eigenvalue weighted by atomic mass is 10.0. The van der Waals surface area contributed by atoms with Crippen molar-refractivity contribution in [1.29, 1.82) is 0 Å². The Hall–Kier alpha value is -0.0400. The molecule has 0 spiro atoms. The largest absolute Gasteiger partial charge is 0.314 e. The van der Waals surface area contributed by atoms with Gasteiger partial charge in [-0.05, 0) is 38.1 Å².